The number of aromatic nitrogens is 2. The zero-order chi connectivity index (χ0) is 11.8. The van der Waals surface area contributed by atoms with Crippen LogP contribution in [-0.4, -0.2) is 46.5 Å². The second-order valence-corrected chi connectivity index (χ2v) is 4.81. The summed E-state index contributed by atoms with van der Waals surface area (Å²) in [6, 6.07) is 2.11. The minimum atomic E-state index is 0.287. The van der Waals surface area contributed by atoms with Crippen LogP contribution in [0.2, 0.25) is 5.15 Å². The lowest BCUT2D eigenvalue weighted by molar-refractivity contribution is -0.129. The van der Waals surface area contributed by atoms with Gasteiger partial charge in [0.2, 0.25) is 5.91 Å². The predicted octanol–water partition coefficient (Wildman–Crippen LogP) is 0.941. The Morgan fingerprint density at radius 2 is 2.24 bits per heavy atom. The number of hydrogen-bond donors (Lipinski definition) is 0. The minimum Gasteiger partial charge on any atom is -0.353 e. The molecular formula is C11H13ClN4O. The van der Waals surface area contributed by atoms with Gasteiger partial charge in [-0.3, -0.25) is 4.79 Å². The van der Waals surface area contributed by atoms with Crippen LogP contribution < -0.4 is 4.90 Å². The van der Waals surface area contributed by atoms with E-state index < -0.39 is 0 Å². The Labute approximate surface area is 104 Å². The first-order valence-electron chi connectivity index (χ1n) is 5.76. The van der Waals surface area contributed by atoms with Crippen LogP contribution in [-0.2, 0) is 4.79 Å². The molecule has 0 saturated carbocycles. The van der Waals surface area contributed by atoms with E-state index >= 15 is 0 Å². The topological polar surface area (TPSA) is 49.3 Å². The summed E-state index contributed by atoms with van der Waals surface area (Å²) in [6.07, 6.45) is 3.11. The Morgan fingerprint density at radius 1 is 1.35 bits per heavy atom. The summed E-state index contributed by atoms with van der Waals surface area (Å²) in [5.74, 6) is 1.14. The molecule has 0 bridgehead atoms. The lowest BCUT2D eigenvalue weighted by Crippen LogP contribution is -2.51. The minimum absolute atomic E-state index is 0.287. The number of nitrogens with zero attached hydrogens (tertiary/aromatic N) is 4. The van der Waals surface area contributed by atoms with Gasteiger partial charge in [0.25, 0.3) is 0 Å². The van der Waals surface area contributed by atoms with Gasteiger partial charge in [0.15, 0.2) is 0 Å². The van der Waals surface area contributed by atoms with E-state index in [0.717, 1.165) is 31.9 Å². The van der Waals surface area contributed by atoms with Crippen molar-refractivity contribution >= 4 is 23.3 Å². The van der Waals surface area contributed by atoms with Gasteiger partial charge in [-0.15, -0.1) is 0 Å². The first-order valence-corrected chi connectivity index (χ1v) is 6.14. The fraction of sp³-hybridized carbons (Fsp3) is 0.545. The van der Waals surface area contributed by atoms with Crippen LogP contribution in [0.3, 0.4) is 0 Å². The molecule has 1 aromatic rings. The standard InChI is InChI=1S/C11H13ClN4O/c12-9-5-10(14-7-13-9)15-3-4-16-8(6-15)1-2-11(16)17/h5,7-8H,1-4,6H2. The Hall–Kier alpha value is -1.36. The second-order valence-electron chi connectivity index (χ2n) is 4.42. The molecule has 2 saturated heterocycles. The van der Waals surface area contributed by atoms with E-state index in [2.05, 4.69) is 14.9 Å². The van der Waals surface area contributed by atoms with Gasteiger partial charge in [-0.1, -0.05) is 11.6 Å². The zero-order valence-corrected chi connectivity index (χ0v) is 10.1. The SMILES string of the molecule is O=C1CCC2CN(c3cc(Cl)ncn3)CCN12. The number of piperazine rings is 1. The van der Waals surface area contributed by atoms with Crippen LogP contribution in [0.5, 0.6) is 0 Å². The third-order valence-electron chi connectivity index (χ3n) is 3.44. The zero-order valence-electron chi connectivity index (χ0n) is 9.34. The molecule has 3 heterocycles. The van der Waals surface area contributed by atoms with Crippen molar-refractivity contribution in [2.45, 2.75) is 18.9 Å². The summed E-state index contributed by atoms with van der Waals surface area (Å²) in [7, 11) is 0. The lowest BCUT2D eigenvalue weighted by atomic mass is 10.1. The fourth-order valence-electron chi connectivity index (χ4n) is 2.57. The van der Waals surface area contributed by atoms with Crippen LogP contribution in [0, 0.1) is 0 Å². The van der Waals surface area contributed by atoms with Crippen molar-refractivity contribution in [3.05, 3.63) is 17.5 Å². The molecule has 1 amide bonds. The Balaban J connectivity index is 1.77. The van der Waals surface area contributed by atoms with Crippen LogP contribution >= 0.6 is 11.6 Å². The van der Waals surface area contributed by atoms with Crippen LogP contribution in [0.15, 0.2) is 12.4 Å². The Kier molecular flexibility index (Phi) is 2.63. The van der Waals surface area contributed by atoms with E-state index in [1.54, 1.807) is 6.07 Å². The van der Waals surface area contributed by atoms with Crippen molar-refractivity contribution in [3.8, 4) is 0 Å². The third-order valence-corrected chi connectivity index (χ3v) is 3.64. The summed E-state index contributed by atoms with van der Waals surface area (Å²) >= 11 is 5.86. The normalized spacial score (nSPS) is 24.1. The summed E-state index contributed by atoms with van der Waals surface area (Å²) in [5, 5.41) is 0.458. The molecule has 2 aliphatic heterocycles. The van der Waals surface area contributed by atoms with Gasteiger partial charge >= 0.3 is 0 Å². The average molecular weight is 253 g/mol. The van der Waals surface area contributed by atoms with Crippen LogP contribution in [0.1, 0.15) is 12.8 Å². The summed E-state index contributed by atoms with van der Waals surface area (Å²) in [6.45, 7) is 2.44. The van der Waals surface area contributed by atoms with Crippen molar-refractivity contribution in [1.82, 2.24) is 14.9 Å². The summed E-state index contributed by atoms with van der Waals surface area (Å²) in [5.41, 5.74) is 0. The molecule has 90 valence electrons. The highest BCUT2D eigenvalue weighted by atomic mass is 35.5. The molecule has 0 radical (unpaired) electrons. The molecule has 6 heteroatoms. The first-order chi connectivity index (χ1) is 8.24. The maximum absolute atomic E-state index is 11.6. The molecule has 17 heavy (non-hydrogen) atoms. The molecule has 0 spiro atoms. The maximum atomic E-state index is 11.6. The molecule has 1 unspecified atom stereocenters. The molecule has 5 nitrogen and oxygen atoms in total. The number of carbonyl (C=O) groups excluding carboxylic acids is 1. The van der Waals surface area contributed by atoms with Crippen LogP contribution in [0.25, 0.3) is 0 Å². The Morgan fingerprint density at radius 3 is 3.06 bits per heavy atom. The van der Waals surface area contributed by atoms with Gasteiger partial charge in [-0.05, 0) is 6.42 Å². The van der Waals surface area contributed by atoms with Crippen molar-refractivity contribution in [2.24, 2.45) is 0 Å². The molecule has 0 aromatic carbocycles. The van der Waals surface area contributed by atoms with E-state index in [0.29, 0.717) is 17.6 Å². The molecule has 2 aliphatic rings. The fourth-order valence-corrected chi connectivity index (χ4v) is 2.71. The van der Waals surface area contributed by atoms with Gasteiger partial charge in [0.1, 0.15) is 17.3 Å². The average Bonchev–Trinajstić information content (AvgIpc) is 2.71. The van der Waals surface area contributed by atoms with Gasteiger partial charge in [0, 0.05) is 38.2 Å². The van der Waals surface area contributed by atoms with Gasteiger partial charge < -0.3 is 9.80 Å². The summed E-state index contributed by atoms with van der Waals surface area (Å²) in [4.78, 5) is 23.8. The molecule has 0 aliphatic carbocycles. The van der Waals surface area contributed by atoms with E-state index in [1.807, 2.05) is 4.90 Å². The van der Waals surface area contributed by atoms with Crippen molar-refractivity contribution < 1.29 is 4.79 Å². The molecule has 0 N–H and O–H groups in total. The lowest BCUT2D eigenvalue weighted by Gasteiger charge is -2.38. The largest absolute Gasteiger partial charge is 0.353 e. The Bertz CT molecular complexity index is 453. The highest BCUT2D eigenvalue weighted by Gasteiger charge is 2.35. The molecular weight excluding hydrogens is 240 g/mol. The molecule has 3 rings (SSSR count). The molecule has 1 aromatic heterocycles. The van der Waals surface area contributed by atoms with E-state index in [-0.39, 0.29) is 5.91 Å². The third kappa shape index (κ3) is 1.95. The van der Waals surface area contributed by atoms with E-state index in [4.69, 9.17) is 11.6 Å². The highest BCUT2D eigenvalue weighted by molar-refractivity contribution is 6.29. The van der Waals surface area contributed by atoms with E-state index in [1.165, 1.54) is 6.33 Å². The molecule has 2 fully saturated rings. The maximum Gasteiger partial charge on any atom is 0.223 e. The van der Waals surface area contributed by atoms with Crippen LogP contribution in [0.4, 0.5) is 5.82 Å². The number of carbonyl (C=O) groups is 1. The second kappa shape index (κ2) is 4.14. The van der Waals surface area contributed by atoms with Crippen molar-refractivity contribution in [3.63, 3.8) is 0 Å². The van der Waals surface area contributed by atoms with Crippen molar-refractivity contribution in [2.75, 3.05) is 24.5 Å². The van der Waals surface area contributed by atoms with Crippen molar-refractivity contribution in [1.29, 1.82) is 0 Å². The van der Waals surface area contributed by atoms with Gasteiger partial charge in [-0.2, -0.15) is 0 Å². The number of anilines is 1. The highest BCUT2D eigenvalue weighted by Crippen LogP contribution is 2.25. The number of rotatable bonds is 1. The number of halogens is 1. The predicted molar refractivity (Wildman–Crippen MR) is 64.0 cm³/mol. The number of fused-ring (bicyclic) bond motifs is 1. The first kappa shape index (κ1) is 10.8. The number of amides is 1. The quantitative estimate of drug-likeness (QED) is 0.698. The monoisotopic (exact) mass is 252 g/mol. The number of hydrogen-bond acceptors (Lipinski definition) is 4. The van der Waals surface area contributed by atoms with Gasteiger partial charge in [-0.25, -0.2) is 9.97 Å². The molecule has 1 atom stereocenters. The van der Waals surface area contributed by atoms with Gasteiger partial charge in [0.05, 0.1) is 0 Å². The smallest absolute Gasteiger partial charge is 0.223 e. The van der Waals surface area contributed by atoms with E-state index in [9.17, 15) is 4.79 Å². The summed E-state index contributed by atoms with van der Waals surface area (Å²) < 4.78 is 0.